The molecule has 2 rings (SSSR count). The summed E-state index contributed by atoms with van der Waals surface area (Å²) in [6.45, 7) is 1.63. The van der Waals surface area contributed by atoms with Crippen LogP contribution in [0.4, 0.5) is 0 Å². The van der Waals surface area contributed by atoms with Crippen molar-refractivity contribution >= 4 is 29.5 Å². The molecule has 4 nitrogen and oxygen atoms in total. The minimum atomic E-state index is -0.357. The van der Waals surface area contributed by atoms with Crippen LogP contribution >= 0.6 is 23.5 Å². The summed E-state index contributed by atoms with van der Waals surface area (Å²) in [5.74, 6) is 4.13. The van der Waals surface area contributed by atoms with Gasteiger partial charge >= 0.3 is 5.97 Å². The van der Waals surface area contributed by atoms with Crippen molar-refractivity contribution in [2.24, 2.45) is 0 Å². The average molecular weight is 287 g/mol. The van der Waals surface area contributed by atoms with Gasteiger partial charge in [-0.05, 0) is 6.07 Å². The number of thioether (sulfide) groups is 2. The minimum absolute atomic E-state index is 0.357. The highest BCUT2D eigenvalue weighted by atomic mass is 32.2. The van der Waals surface area contributed by atoms with Gasteiger partial charge < -0.3 is 14.5 Å². The maximum absolute atomic E-state index is 11.2. The summed E-state index contributed by atoms with van der Waals surface area (Å²) >= 11 is 4.04. The Bertz CT molecular complexity index is 388. The second-order valence-electron chi connectivity index (χ2n) is 3.99. The van der Waals surface area contributed by atoms with Crippen LogP contribution in [0.3, 0.4) is 0 Å². The summed E-state index contributed by atoms with van der Waals surface area (Å²) in [5.41, 5.74) is 0.469. The highest BCUT2D eigenvalue weighted by Crippen LogP contribution is 2.23. The summed E-state index contributed by atoms with van der Waals surface area (Å²) in [7, 11) is 1.37. The number of carbonyl (C=O) groups excluding carboxylic acids is 1. The molecule has 0 bridgehead atoms. The van der Waals surface area contributed by atoms with Gasteiger partial charge in [-0.25, -0.2) is 4.79 Å². The fourth-order valence-corrected chi connectivity index (χ4v) is 4.36. The van der Waals surface area contributed by atoms with Gasteiger partial charge in [0.2, 0.25) is 0 Å². The average Bonchev–Trinajstić information content (AvgIpc) is 2.88. The summed E-state index contributed by atoms with van der Waals surface area (Å²) in [5, 5.41) is 4.04. The van der Waals surface area contributed by atoms with Crippen molar-refractivity contribution in [2.75, 3.05) is 30.9 Å². The molecule has 0 spiro atoms. The Hall–Kier alpha value is -0.590. The van der Waals surface area contributed by atoms with E-state index >= 15 is 0 Å². The molecule has 0 aliphatic carbocycles. The minimum Gasteiger partial charge on any atom is -0.467 e. The van der Waals surface area contributed by atoms with Crippen LogP contribution in [0.15, 0.2) is 16.7 Å². The van der Waals surface area contributed by atoms with Crippen LogP contribution in [0.1, 0.15) is 16.1 Å². The normalized spacial score (nSPS) is 19.7. The van der Waals surface area contributed by atoms with Crippen LogP contribution in [0.5, 0.6) is 0 Å². The number of carbonyl (C=O) groups is 1. The Balaban J connectivity index is 1.72. The van der Waals surface area contributed by atoms with Crippen LogP contribution in [0, 0.1) is 0 Å². The van der Waals surface area contributed by atoms with Crippen molar-refractivity contribution in [1.29, 1.82) is 0 Å². The van der Waals surface area contributed by atoms with Gasteiger partial charge in [-0.1, -0.05) is 0 Å². The van der Waals surface area contributed by atoms with Crippen molar-refractivity contribution < 1.29 is 13.9 Å². The molecule has 1 saturated heterocycles. The van der Waals surface area contributed by atoms with E-state index in [1.165, 1.54) is 30.6 Å². The summed E-state index contributed by atoms with van der Waals surface area (Å²) in [6, 6.07) is 1.72. The van der Waals surface area contributed by atoms with E-state index in [-0.39, 0.29) is 5.97 Å². The summed E-state index contributed by atoms with van der Waals surface area (Å²) in [6.07, 6.45) is 1.44. The van der Waals surface area contributed by atoms with E-state index in [0.717, 1.165) is 12.3 Å². The van der Waals surface area contributed by atoms with Gasteiger partial charge in [-0.2, -0.15) is 23.5 Å². The summed E-state index contributed by atoms with van der Waals surface area (Å²) < 4.78 is 9.93. The Morgan fingerprint density at radius 2 is 2.50 bits per heavy atom. The van der Waals surface area contributed by atoms with Crippen molar-refractivity contribution in [3.63, 3.8) is 0 Å². The zero-order valence-electron chi connectivity index (χ0n) is 10.3. The molecule has 1 atom stereocenters. The van der Waals surface area contributed by atoms with Crippen LogP contribution in [0.25, 0.3) is 0 Å². The molecule has 1 unspecified atom stereocenters. The standard InChI is InChI=1S/C12H17NO3S2/c1-15-12(14)9-4-10(16-7-9)5-13-6-11-8-17-2-3-18-11/h4,7,11,13H,2-3,5-6,8H2,1H3. The maximum atomic E-state index is 11.2. The number of hydrogen-bond donors (Lipinski definition) is 1. The number of methoxy groups -OCH3 is 1. The number of hydrogen-bond acceptors (Lipinski definition) is 6. The topological polar surface area (TPSA) is 51.5 Å². The lowest BCUT2D eigenvalue weighted by Crippen LogP contribution is -2.28. The van der Waals surface area contributed by atoms with E-state index in [0.29, 0.717) is 17.4 Å². The number of furan rings is 1. The number of rotatable bonds is 5. The first-order chi connectivity index (χ1) is 8.79. The Morgan fingerprint density at radius 3 is 3.22 bits per heavy atom. The third kappa shape index (κ3) is 3.96. The lowest BCUT2D eigenvalue weighted by Gasteiger charge is -2.20. The van der Waals surface area contributed by atoms with E-state index in [9.17, 15) is 4.79 Å². The zero-order valence-corrected chi connectivity index (χ0v) is 11.9. The fourth-order valence-electron chi connectivity index (χ4n) is 1.71. The molecule has 0 radical (unpaired) electrons. The molecule has 100 valence electrons. The van der Waals surface area contributed by atoms with Crippen LogP contribution in [-0.4, -0.2) is 42.1 Å². The number of esters is 1. The van der Waals surface area contributed by atoms with Gasteiger partial charge in [0.25, 0.3) is 0 Å². The smallest absolute Gasteiger partial charge is 0.341 e. The number of ether oxygens (including phenoxy) is 1. The van der Waals surface area contributed by atoms with E-state index in [1.807, 2.05) is 23.5 Å². The molecule has 1 aliphatic heterocycles. The number of nitrogens with one attached hydrogen (secondary N) is 1. The molecule has 1 fully saturated rings. The molecule has 1 aromatic rings. The second kappa shape index (κ2) is 7.11. The molecule has 0 aromatic carbocycles. The monoisotopic (exact) mass is 287 g/mol. The van der Waals surface area contributed by atoms with Gasteiger partial charge in [0.05, 0.1) is 19.2 Å². The molecular weight excluding hydrogens is 270 g/mol. The van der Waals surface area contributed by atoms with E-state index in [1.54, 1.807) is 6.07 Å². The highest BCUT2D eigenvalue weighted by Gasteiger charge is 2.14. The van der Waals surface area contributed by atoms with Crippen molar-refractivity contribution in [1.82, 2.24) is 5.32 Å². The first-order valence-electron chi connectivity index (χ1n) is 5.85. The molecule has 2 heterocycles. The van der Waals surface area contributed by atoms with Gasteiger partial charge in [-0.3, -0.25) is 0 Å². The fraction of sp³-hybridized carbons (Fsp3) is 0.583. The van der Waals surface area contributed by atoms with Gasteiger partial charge in [-0.15, -0.1) is 0 Å². The van der Waals surface area contributed by atoms with Crippen LogP contribution in [-0.2, 0) is 11.3 Å². The Morgan fingerprint density at radius 1 is 1.61 bits per heavy atom. The van der Waals surface area contributed by atoms with Crippen molar-refractivity contribution in [2.45, 2.75) is 11.8 Å². The predicted octanol–water partition coefficient (Wildman–Crippen LogP) is 2.00. The molecule has 0 amide bonds. The van der Waals surface area contributed by atoms with Crippen molar-refractivity contribution in [3.8, 4) is 0 Å². The SMILES string of the molecule is COC(=O)c1coc(CNCC2CSCCS2)c1. The van der Waals surface area contributed by atoms with Gasteiger partial charge in [0.15, 0.2) is 0 Å². The Labute approximate surface area is 115 Å². The first kappa shape index (κ1) is 13.8. The molecule has 1 aromatic heterocycles. The zero-order chi connectivity index (χ0) is 12.8. The van der Waals surface area contributed by atoms with Crippen molar-refractivity contribution in [3.05, 3.63) is 23.7 Å². The molecular formula is C12H17NO3S2. The van der Waals surface area contributed by atoms with E-state index in [2.05, 4.69) is 10.1 Å². The van der Waals surface area contributed by atoms with E-state index < -0.39 is 0 Å². The Kier molecular flexibility index (Phi) is 5.46. The van der Waals surface area contributed by atoms with E-state index in [4.69, 9.17) is 4.42 Å². The largest absolute Gasteiger partial charge is 0.467 e. The van der Waals surface area contributed by atoms with Crippen LogP contribution in [0.2, 0.25) is 0 Å². The lowest BCUT2D eigenvalue weighted by atomic mass is 10.3. The predicted molar refractivity (Wildman–Crippen MR) is 75.3 cm³/mol. The summed E-state index contributed by atoms with van der Waals surface area (Å²) in [4.78, 5) is 11.2. The molecule has 1 N–H and O–H groups in total. The maximum Gasteiger partial charge on any atom is 0.341 e. The molecule has 18 heavy (non-hydrogen) atoms. The third-order valence-corrected chi connectivity index (χ3v) is 5.48. The first-order valence-corrected chi connectivity index (χ1v) is 8.05. The quantitative estimate of drug-likeness (QED) is 0.836. The molecule has 0 saturated carbocycles. The van der Waals surface area contributed by atoms with Crippen LogP contribution < -0.4 is 5.32 Å². The van der Waals surface area contributed by atoms with Gasteiger partial charge in [0.1, 0.15) is 12.0 Å². The third-order valence-electron chi connectivity index (χ3n) is 2.63. The molecule has 1 aliphatic rings. The van der Waals surface area contributed by atoms with Gasteiger partial charge in [0, 0.05) is 29.1 Å². The molecule has 6 heteroatoms. The highest BCUT2D eigenvalue weighted by molar-refractivity contribution is 8.06. The second-order valence-corrected chi connectivity index (χ2v) is 6.55. The lowest BCUT2D eigenvalue weighted by molar-refractivity contribution is 0.0600.